The Kier molecular flexibility index (Phi) is 3.54. The van der Waals surface area contributed by atoms with Crippen molar-refractivity contribution in [3.63, 3.8) is 0 Å². The van der Waals surface area contributed by atoms with Crippen LogP contribution in [0.1, 0.15) is 6.92 Å². The van der Waals surface area contributed by atoms with Gasteiger partial charge in [0.25, 0.3) is 0 Å². The molecule has 76 valence electrons. The molecule has 1 heterocycles. The van der Waals surface area contributed by atoms with Crippen LogP contribution in [0, 0.1) is 0 Å². The number of carbonyl (C=O) groups is 1. The second kappa shape index (κ2) is 4.46. The molecule has 0 bridgehead atoms. The van der Waals surface area contributed by atoms with E-state index in [0.29, 0.717) is 0 Å². The van der Waals surface area contributed by atoms with Crippen molar-refractivity contribution in [3.8, 4) is 0 Å². The van der Waals surface area contributed by atoms with E-state index < -0.39 is 0 Å². The fourth-order valence-electron chi connectivity index (χ4n) is 1.54. The lowest BCUT2D eigenvalue weighted by Gasteiger charge is -2.35. The summed E-state index contributed by atoms with van der Waals surface area (Å²) in [6.45, 7) is 7.00. The van der Waals surface area contributed by atoms with Crippen LogP contribution >= 0.6 is 0 Å². The Hall–Kier alpha value is -0.770. The van der Waals surface area contributed by atoms with Gasteiger partial charge in [-0.3, -0.25) is 0 Å². The maximum absolute atomic E-state index is 11.5. The number of amides is 2. The molecule has 0 spiro atoms. The van der Waals surface area contributed by atoms with Crippen LogP contribution in [0.5, 0.6) is 0 Å². The zero-order chi connectivity index (χ0) is 9.84. The van der Waals surface area contributed by atoms with E-state index in [1.54, 1.807) is 19.0 Å². The third kappa shape index (κ3) is 2.59. The lowest BCUT2D eigenvalue weighted by Crippen LogP contribution is -2.51. The van der Waals surface area contributed by atoms with Gasteiger partial charge in [-0.1, -0.05) is 6.92 Å². The maximum atomic E-state index is 11.5. The maximum Gasteiger partial charge on any atom is 0.319 e. The Morgan fingerprint density at radius 3 is 2.15 bits per heavy atom. The highest BCUT2D eigenvalue weighted by Crippen LogP contribution is 2.03. The first-order valence-electron chi connectivity index (χ1n) is 4.83. The first-order chi connectivity index (χ1) is 6.15. The Morgan fingerprint density at radius 1 is 1.23 bits per heavy atom. The van der Waals surface area contributed by atoms with E-state index >= 15 is 0 Å². The molecule has 0 aromatic rings. The summed E-state index contributed by atoms with van der Waals surface area (Å²) in [5.41, 5.74) is 0. The van der Waals surface area contributed by atoms with Crippen LogP contribution in [0.25, 0.3) is 0 Å². The predicted molar refractivity (Wildman–Crippen MR) is 52.8 cm³/mol. The van der Waals surface area contributed by atoms with Crippen LogP contribution in [0.3, 0.4) is 0 Å². The zero-order valence-electron chi connectivity index (χ0n) is 8.79. The fourth-order valence-corrected chi connectivity index (χ4v) is 1.54. The van der Waals surface area contributed by atoms with Crippen molar-refractivity contribution in [1.82, 2.24) is 14.7 Å². The molecule has 0 saturated carbocycles. The quantitative estimate of drug-likeness (QED) is 0.587. The molecule has 4 heteroatoms. The summed E-state index contributed by atoms with van der Waals surface area (Å²) in [5, 5.41) is 0. The normalized spacial score (nSPS) is 18.8. The van der Waals surface area contributed by atoms with Gasteiger partial charge < -0.3 is 14.7 Å². The minimum atomic E-state index is 0.135. The number of urea groups is 1. The lowest BCUT2D eigenvalue weighted by molar-refractivity contribution is 0.126. The topological polar surface area (TPSA) is 26.8 Å². The minimum Gasteiger partial charge on any atom is -0.331 e. The lowest BCUT2D eigenvalue weighted by atomic mass is 10.3. The van der Waals surface area contributed by atoms with Crippen molar-refractivity contribution in [3.05, 3.63) is 0 Å². The van der Waals surface area contributed by atoms with Crippen LogP contribution in [0.15, 0.2) is 0 Å². The van der Waals surface area contributed by atoms with Gasteiger partial charge in [0.15, 0.2) is 0 Å². The van der Waals surface area contributed by atoms with Gasteiger partial charge in [-0.25, -0.2) is 4.79 Å². The number of nitrogens with zero attached hydrogens (tertiary/aromatic N) is 3. The molecule has 1 rings (SSSR count). The Balaban J connectivity index is 2.36. The van der Waals surface area contributed by atoms with E-state index in [1.165, 1.54) is 0 Å². The number of likely N-dealkylation sites (N-methyl/N-ethyl adjacent to an activating group) is 1. The Morgan fingerprint density at radius 2 is 1.77 bits per heavy atom. The molecule has 13 heavy (non-hydrogen) atoms. The van der Waals surface area contributed by atoms with Gasteiger partial charge in [-0.05, 0) is 6.54 Å². The molecule has 0 atom stereocenters. The molecular formula is C9H19N3O. The van der Waals surface area contributed by atoms with Crippen molar-refractivity contribution in [1.29, 1.82) is 0 Å². The van der Waals surface area contributed by atoms with Crippen molar-refractivity contribution < 1.29 is 4.79 Å². The molecule has 2 amide bonds. The minimum absolute atomic E-state index is 0.135. The highest BCUT2D eigenvalue weighted by molar-refractivity contribution is 5.73. The van der Waals surface area contributed by atoms with Gasteiger partial charge in [0, 0.05) is 40.3 Å². The number of carbonyl (C=O) groups excluding carboxylic acids is 1. The van der Waals surface area contributed by atoms with E-state index in [4.69, 9.17) is 0 Å². The average molecular weight is 185 g/mol. The molecule has 1 aliphatic heterocycles. The standard InChI is InChI=1S/C9H19N3O/c1-4-11-5-7-12(8-6-11)9(13)10(2)3/h4-8H2,1-3H3. The molecule has 1 saturated heterocycles. The van der Waals surface area contributed by atoms with Crippen molar-refractivity contribution >= 4 is 6.03 Å². The molecule has 0 aliphatic carbocycles. The summed E-state index contributed by atoms with van der Waals surface area (Å²) in [6.07, 6.45) is 0. The van der Waals surface area contributed by atoms with E-state index in [2.05, 4.69) is 11.8 Å². The summed E-state index contributed by atoms with van der Waals surface area (Å²) >= 11 is 0. The number of rotatable bonds is 1. The zero-order valence-corrected chi connectivity index (χ0v) is 8.79. The number of piperazine rings is 1. The molecule has 1 fully saturated rings. The summed E-state index contributed by atoms with van der Waals surface area (Å²) in [7, 11) is 3.60. The molecule has 0 radical (unpaired) electrons. The van der Waals surface area contributed by atoms with Crippen molar-refractivity contribution in [2.45, 2.75) is 6.92 Å². The Bertz CT molecular complexity index is 174. The molecule has 0 aromatic carbocycles. The van der Waals surface area contributed by atoms with E-state index in [-0.39, 0.29) is 6.03 Å². The summed E-state index contributed by atoms with van der Waals surface area (Å²) in [5.74, 6) is 0. The molecular weight excluding hydrogens is 166 g/mol. The average Bonchev–Trinajstić information content (AvgIpc) is 2.17. The van der Waals surface area contributed by atoms with Crippen molar-refractivity contribution in [2.75, 3.05) is 46.8 Å². The summed E-state index contributed by atoms with van der Waals surface area (Å²) in [4.78, 5) is 17.4. The second-order valence-electron chi connectivity index (χ2n) is 3.60. The predicted octanol–water partition coefficient (Wildman–Crippen LogP) is 0.306. The van der Waals surface area contributed by atoms with Crippen LogP contribution < -0.4 is 0 Å². The third-order valence-electron chi connectivity index (χ3n) is 2.47. The second-order valence-corrected chi connectivity index (χ2v) is 3.60. The Labute approximate surface area is 80.1 Å². The van der Waals surface area contributed by atoms with Gasteiger partial charge in [0.05, 0.1) is 0 Å². The van der Waals surface area contributed by atoms with Gasteiger partial charge in [0.1, 0.15) is 0 Å². The van der Waals surface area contributed by atoms with Gasteiger partial charge in [0.2, 0.25) is 0 Å². The van der Waals surface area contributed by atoms with E-state index in [9.17, 15) is 4.79 Å². The highest BCUT2D eigenvalue weighted by atomic mass is 16.2. The van der Waals surface area contributed by atoms with Gasteiger partial charge in [-0.2, -0.15) is 0 Å². The molecule has 0 aromatic heterocycles. The highest BCUT2D eigenvalue weighted by Gasteiger charge is 2.20. The third-order valence-corrected chi connectivity index (χ3v) is 2.47. The molecule has 4 nitrogen and oxygen atoms in total. The summed E-state index contributed by atoms with van der Waals surface area (Å²) < 4.78 is 0. The SMILES string of the molecule is CCN1CCN(C(=O)N(C)C)CC1. The van der Waals surface area contributed by atoms with Crippen LogP contribution in [-0.4, -0.2) is 67.5 Å². The molecule has 0 N–H and O–H groups in total. The fraction of sp³-hybridized carbons (Fsp3) is 0.889. The van der Waals surface area contributed by atoms with Gasteiger partial charge >= 0.3 is 6.03 Å². The largest absolute Gasteiger partial charge is 0.331 e. The summed E-state index contributed by atoms with van der Waals surface area (Å²) in [6, 6.07) is 0.135. The van der Waals surface area contributed by atoms with Crippen LogP contribution in [-0.2, 0) is 0 Å². The monoisotopic (exact) mass is 185 g/mol. The van der Waals surface area contributed by atoms with Gasteiger partial charge in [-0.15, -0.1) is 0 Å². The van der Waals surface area contributed by atoms with E-state index in [0.717, 1.165) is 32.7 Å². The first-order valence-corrected chi connectivity index (χ1v) is 4.83. The van der Waals surface area contributed by atoms with E-state index in [1.807, 2.05) is 4.90 Å². The number of hydrogen-bond acceptors (Lipinski definition) is 2. The van der Waals surface area contributed by atoms with Crippen LogP contribution in [0.4, 0.5) is 4.79 Å². The first kappa shape index (κ1) is 10.3. The van der Waals surface area contributed by atoms with Crippen molar-refractivity contribution in [2.24, 2.45) is 0 Å². The number of hydrogen-bond donors (Lipinski definition) is 0. The smallest absolute Gasteiger partial charge is 0.319 e. The molecule has 0 unspecified atom stereocenters. The van der Waals surface area contributed by atoms with Crippen LogP contribution in [0.2, 0.25) is 0 Å². The molecule has 1 aliphatic rings.